The molecule has 3 rings (SSSR count). The standard InChI is InChI=1S/C18H24N2O/c1-12-7-3-5-9-16(12)20-18(21)11-15-13(2)19-17-10-6-4-8-14(15)17/h4,6,8,10,12,16,19H,3,5,7,9,11H2,1-2H3,(H,20,21). The Morgan fingerprint density at radius 2 is 2.05 bits per heavy atom. The zero-order valence-corrected chi connectivity index (χ0v) is 12.9. The topological polar surface area (TPSA) is 44.9 Å². The summed E-state index contributed by atoms with van der Waals surface area (Å²) in [5.41, 5.74) is 3.35. The first kappa shape index (κ1) is 14.2. The van der Waals surface area contributed by atoms with Gasteiger partial charge in [-0.15, -0.1) is 0 Å². The summed E-state index contributed by atoms with van der Waals surface area (Å²) in [5.74, 6) is 0.758. The molecular weight excluding hydrogens is 260 g/mol. The maximum Gasteiger partial charge on any atom is 0.224 e. The molecule has 2 atom stereocenters. The van der Waals surface area contributed by atoms with Crippen molar-refractivity contribution in [3.05, 3.63) is 35.5 Å². The molecule has 0 spiro atoms. The van der Waals surface area contributed by atoms with Gasteiger partial charge in [-0.05, 0) is 37.3 Å². The summed E-state index contributed by atoms with van der Waals surface area (Å²) >= 11 is 0. The maximum atomic E-state index is 12.4. The van der Waals surface area contributed by atoms with E-state index in [0.717, 1.165) is 23.2 Å². The second-order valence-electron chi connectivity index (χ2n) is 6.39. The normalized spacial score (nSPS) is 22.4. The van der Waals surface area contributed by atoms with E-state index < -0.39 is 0 Å². The Labute approximate surface area is 126 Å². The summed E-state index contributed by atoms with van der Waals surface area (Å²) in [6, 6.07) is 8.56. The van der Waals surface area contributed by atoms with Crippen LogP contribution in [0.1, 0.15) is 43.9 Å². The molecule has 112 valence electrons. The molecular formula is C18H24N2O. The average molecular weight is 284 g/mol. The molecule has 1 aliphatic rings. The Morgan fingerprint density at radius 3 is 2.86 bits per heavy atom. The smallest absolute Gasteiger partial charge is 0.224 e. The molecule has 0 bridgehead atoms. The van der Waals surface area contributed by atoms with E-state index in [1.807, 2.05) is 19.1 Å². The summed E-state index contributed by atoms with van der Waals surface area (Å²) < 4.78 is 0. The van der Waals surface area contributed by atoms with E-state index in [9.17, 15) is 4.79 Å². The molecule has 3 nitrogen and oxygen atoms in total. The number of hydrogen-bond donors (Lipinski definition) is 2. The molecule has 2 aromatic rings. The van der Waals surface area contributed by atoms with Crippen molar-refractivity contribution in [3.63, 3.8) is 0 Å². The molecule has 1 aromatic heterocycles. The van der Waals surface area contributed by atoms with Crippen LogP contribution in [0, 0.1) is 12.8 Å². The van der Waals surface area contributed by atoms with Gasteiger partial charge in [0.05, 0.1) is 6.42 Å². The number of fused-ring (bicyclic) bond motifs is 1. The zero-order chi connectivity index (χ0) is 14.8. The number of nitrogens with one attached hydrogen (secondary N) is 2. The van der Waals surface area contributed by atoms with Gasteiger partial charge in [0.2, 0.25) is 5.91 Å². The third kappa shape index (κ3) is 2.97. The number of aromatic amines is 1. The number of H-pyrrole nitrogens is 1. The minimum absolute atomic E-state index is 0.154. The highest BCUT2D eigenvalue weighted by atomic mass is 16.1. The van der Waals surface area contributed by atoms with Gasteiger partial charge in [0.15, 0.2) is 0 Å². The van der Waals surface area contributed by atoms with Crippen LogP contribution in [0.4, 0.5) is 0 Å². The average Bonchev–Trinajstić information content (AvgIpc) is 2.78. The zero-order valence-electron chi connectivity index (χ0n) is 12.9. The maximum absolute atomic E-state index is 12.4. The number of carbonyl (C=O) groups excluding carboxylic acids is 1. The molecule has 1 amide bonds. The van der Waals surface area contributed by atoms with Gasteiger partial charge < -0.3 is 10.3 Å². The summed E-state index contributed by atoms with van der Waals surface area (Å²) in [6.07, 6.45) is 5.37. The number of para-hydroxylation sites is 1. The Bertz CT molecular complexity index is 644. The quantitative estimate of drug-likeness (QED) is 0.886. The van der Waals surface area contributed by atoms with E-state index >= 15 is 0 Å². The van der Waals surface area contributed by atoms with Crippen LogP contribution in [-0.4, -0.2) is 16.9 Å². The number of amides is 1. The van der Waals surface area contributed by atoms with E-state index in [4.69, 9.17) is 0 Å². The number of rotatable bonds is 3. The van der Waals surface area contributed by atoms with Crippen LogP contribution in [0.5, 0.6) is 0 Å². The Kier molecular flexibility index (Phi) is 4.00. The van der Waals surface area contributed by atoms with Gasteiger partial charge in [0, 0.05) is 22.6 Å². The minimum atomic E-state index is 0.154. The highest BCUT2D eigenvalue weighted by Gasteiger charge is 2.23. The summed E-state index contributed by atoms with van der Waals surface area (Å²) in [6.45, 7) is 4.30. The summed E-state index contributed by atoms with van der Waals surface area (Å²) in [7, 11) is 0. The molecule has 1 saturated carbocycles. The molecule has 1 aromatic carbocycles. The Morgan fingerprint density at radius 1 is 1.29 bits per heavy atom. The minimum Gasteiger partial charge on any atom is -0.358 e. The van der Waals surface area contributed by atoms with Gasteiger partial charge in [-0.1, -0.05) is 38.0 Å². The third-order valence-electron chi connectivity index (χ3n) is 4.82. The second-order valence-corrected chi connectivity index (χ2v) is 6.39. The highest BCUT2D eigenvalue weighted by molar-refractivity contribution is 5.90. The molecule has 21 heavy (non-hydrogen) atoms. The molecule has 0 aliphatic heterocycles. The SMILES string of the molecule is Cc1[nH]c2ccccc2c1CC(=O)NC1CCCCC1C. The van der Waals surface area contributed by atoms with Crippen LogP contribution in [0.15, 0.2) is 24.3 Å². The largest absolute Gasteiger partial charge is 0.358 e. The van der Waals surface area contributed by atoms with Gasteiger partial charge in [-0.25, -0.2) is 0 Å². The highest BCUT2D eigenvalue weighted by Crippen LogP contribution is 2.25. The third-order valence-corrected chi connectivity index (χ3v) is 4.82. The predicted octanol–water partition coefficient (Wildman–Crippen LogP) is 3.71. The van der Waals surface area contributed by atoms with E-state index in [1.165, 1.54) is 24.6 Å². The molecule has 1 aliphatic carbocycles. The fourth-order valence-corrected chi connectivity index (χ4v) is 3.51. The van der Waals surface area contributed by atoms with Crippen LogP contribution >= 0.6 is 0 Å². The van der Waals surface area contributed by atoms with Crippen LogP contribution in [-0.2, 0) is 11.2 Å². The van der Waals surface area contributed by atoms with Crippen molar-refractivity contribution in [2.24, 2.45) is 5.92 Å². The van der Waals surface area contributed by atoms with Crippen molar-refractivity contribution in [1.82, 2.24) is 10.3 Å². The lowest BCUT2D eigenvalue weighted by Gasteiger charge is -2.29. The molecule has 0 saturated heterocycles. The lowest BCUT2D eigenvalue weighted by atomic mass is 9.86. The monoisotopic (exact) mass is 284 g/mol. The first-order valence-electron chi connectivity index (χ1n) is 8.00. The van der Waals surface area contributed by atoms with Crippen LogP contribution in [0.2, 0.25) is 0 Å². The van der Waals surface area contributed by atoms with Crippen molar-refractivity contribution < 1.29 is 4.79 Å². The fourth-order valence-electron chi connectivity index (χ4n) is 3.51. The van der Waals surface area contributed by atoms with Crippen molar-refractivity contribution in [1.29, 1.82) is 0 Å². The van der Waals surface area contributed by atoms with Gasteiger partial charge in [-0.2, -0.15) is 0 Å². The van der Waals surface area contributed by atoms with Crippen LogP contribution in [0.3, 0.4) is 0 Å². The number of hydrogen-bond acceptors (Lipinski definition) is 1. The predicted molar refractivity (Wildman–Crippen MR) is 86.3 cm³/mol. The molecule has 1 fully saturated rings. The number of aryl methyl sites for hydroxylation is 1. The number of benzene rings is 1. The summed E-state index contributed by atoms with van der Waals surface area (Å²) in [5, 5.41) is 4.41. The van der Waals surface area contributed by atoms with Gasteiger partial charge >= 0.3 is 0 Å². The molecule has 0 radical (unpaired) electrons. The first-order valence-corrected chi connectivity index (χ1v) is 8.00. The van der Waals surface area contributed by atoms with Crippen LogP contribution < -0.4 is 5.32 Å². The van der Waals surface area contributed by atoms with E-state index in [1.54, 1.807) is 0 Å². The Hall–Kier alpha value is -1.77. The number of carbonyl (C=O) groups is 1. The molecule has 2 N–H and O–H groups in total. The molecule has 3 heteroatoms. The van der Waals surface area contributed by atoms with E-state index in [2.05, 4.69) is 29.4 Å². The fraction of sp³-hybridized carbons (Fsp3) is 0.500. The lowest BCUT2D eigenvalue weighted by molar-refractivity contribution is -0.121. The van der Waals surface area contributed by atoms with E-state index in [-0.39, 0.29) is 5.91 Å². The first-order chi connectivity index (χ1) is 10.1. The lowest BCUT2D eigenvalue weighted by Crippen LogP contribution is -2.41. The second kappa shape index (κ2) is 5.92. The van der Waals surface area contributed by atoms with Crippen molar-refractivity contribution >= 4 is 16.8 Å². The number of aromatic nitrogens is 1. The van der Waals surface area contributed by atoms with E-state index in [0.29, 0.717) is 18.4 Å². The van der Waals surface area contributed by atoms with Gasteiger partial charge in [0.1, 0.15) is 0 Å². The van der Waals surface area contributed by atoms with Crippen molar-refractivity contribution in [2.75, 3.05) is 0 Å². The van der Waals surface area contributed by atoms with Crippen molar-refractivity contribution in [2.45, 2.75) is 52.0 Å². The molecule has 2 unspecified atom stereocenters. The van der Waals surface area contributed by atoms with Crippen LogP contribution in [0.25, 0.3) is 10.9 Å². The molecule has 1 heterocycles. The summed E-state index contributed by atoms with van der Waals surface area (Å²) in [4.78, 5) is 15.8. The van der Waals surface area contributed by atoms with Gasteiger partial charge in [0.25, 0.3) is 0 Å². The Balaban J connectivity index is 1.73. The van der Waals surface area contributed by atoms with Crippen molar-refractivity contribution in [3.8, 4) is 0 Å². The van der Waals surface area contributed by atoms with Gasteiger partial charge in [-0.3, -0.25) is 4.79 Å².